The number of nitriles is 2. The zero-order chi connectivity index (χ0) is 8.43. The van der Waals surface area contributed by atoms with E-state index in [9.17, 15) is 0 Å². The minimum absolute atomic E-state index is 0.155. The number of rotatable bonds is 0. The van der Waals surface area contributed by atoms with Crippen LogP contribution in [0.2, 0.25) is 0 Å². The van der Waals surface area contributed by atoms with E-state index >= 15 is 0 Å². The van der Waals surface area contributed by atoms with Crippen molar-refractivity contribution in [1.29, 1.82) is 10.5 Å². The van der Waals surface area contributed by atoms with Crippen LogP contribution in [-0.4, -0.2) is 9.55 Å². The van der Waals surface area contributed by atoms with E-state index in [0.29, 0.717) is 4.73 Å². The third kappa shape index (κ3) is 1.11. The second-order valence-corrected chi connectivity index (χ2v) is 2.57. The molecule has 1 aromatic heterocycles. The molecule has 0 saturated heterocycles. The third-order valence-corrected chi connectivity index (χ3v) is 1.96. The summed E-state index contributed by atoms with van der Waals surface area (Å²) in [6.45, 7) is 0. The lowest BCUT2D eigenvalue weighted by Crippen LogP contribution is -1.92. The molecule has 0 spiro atoms. The molecule has 0 amide bonds. The van der Waals surface area contributed by atoms with Crippen LogP contribution in [0, 0.1) is 22.7 Å². The average molecular weight is 211 g/mol. The molecule has 0 bridgehead atoms. The molecule has 0 unspecified atom stereocenters. The lowest BCUT2D eigenvalue weighted by molar-refractivity contribution is 0.866. The van der Waals surface area contributed by atoms with Crippen molar-refractivity contribution in [2.45, 2.75) is 0 Å². The maximum absolute atomic E-state index is 8.56. The zero-order valence-corrected chi connectivity index (χ0v) is 7.25. The second kappa shape index (κ2) is 2.73. The van der Waals surface area contributed by atoms with Gasteiger partial charge in [-0.15, -0.1) is 0 Å². The molecule has 0 aliphatic carbocycles. The van der Waals surface area contributed by atoms with E-state index in [1.165, 1.54) is 4.57 Å². The summed E-state index contributed by atoms with van der Waals surface area (Å²) >= 11 is 3.10. The van der Waals surface area contributed by atoms with Crippen LogP contribution >= 0.6 is 15.9 Å². The van der Waals surface area contributed by atoms with Crippen molar-refractivity contribution < 1.29 is 0 Å². The molecule has 54 valence electrons. The molecule has 0 atom stereocenters. The fraction of sp³-hybridized carbons (Fsp3) is 0.167. The number of hydrogen-bond acceptors (Lipinski definition) is 3. The molecule has 1 heterocycles. The van der Waals surface area contributed by atoms with Crippen molar-refractivity contribution in [1.82, 2.24) is 9.55 Å². The summed E-state index contributed by atoms with van der Waals surface area (Å²) in [6.07, 6.45) is 0. The summed E-state index contributed by atoms with van der Waals surface area (Å²) in [5.41, 5.74) is 0.432. The van der Waals surface area contributed by atoms with Gasteiger partial charge in [-0.2, -0.15) is 10.5 Å². The molecule has 5 heteroatoms. The average Bonchev–Trinajstić information content (AvgIpc) is 2.28. The molecule has 1 aromatic rings. The number of hydrogen-bond donors (Lipinski definition) is 0. The van der Waals surface area contributed by atoms with Gasteiger partial charge in [0.2, 0.25) is 0 Å². The SMILES string of the molecule is Cn1c(Br)nc(C#N)c1C#N. The Morgan fingerprint density at radius 1 is 1.45 bits per heavy atom. The van der Waals surface area contributed by atoms with E-state index < -0.39 is 0 Å². The summed E-state index contributed by atoms with van der Waals surface area (Å²) in [7, 11) is 1.66. The van der Waals surface area contributed by atoms with Gasteiger partial charge in [-0.3, -0.25) is 0 Å². The van der Waals surface area contributed by atoms with E-state index in [2.05, 4.69) is 20.9 Å². The van der Waals surface area contributed by atoms with Crippen LogP contribution in [0.1, 0.15) is 11.4 Å². The van der Waals surface area contributed by atoms with E-state index in [1.807, 2.05) is 12.1 Å². The highest BCUT2D eigenvalue weighted by molar-refractivity contribution is 9.10. The smallest absolute Gasteiger partial charge is 0.179 e. The first-order valence-electron chi connectivity index (χ1n) is 2.73. The largest absolute Gasteiger partial charge is 0.312 e. The van der Waals surface area contributed by atoms with Crippen LogP contribution in [0.4, 0.5) is 0 Å². The Morgan fingerprint density at radius 3 is 2.45 bits per heavy atom. The van der Waals surface area contributed by atoms with Gasteiger partial charge in [0.15, 0.2) is 16.1 Å². The quantitative estimate of drug-likeness (QED) is 0.640. The second-order valence-electron chi connectivity index (χ2n) is 1.86. The van der Waals surface area contributed by atoms with Crippen LogP contribution in [0.3, 0.4) is 0 Å². The summed E-state index contributed by atoms with van der Waals surface area (Å²) in [4.78, 5) is 3.80. The van der Waals surface area contributed by atoms with Crippen molar-refractivity contribution in [3.8, 4) is 12.1 Å². The maximum Gasteiger partial charge on any atom is 0.179 e. The molecule has 0 aliphatic rings. The minimum Gasteiger partial charge on any atom is -0.312 e. The maximum atomic E-state index is 8.56. The van der Waals surface area contributed by atoms with Gasteiger partial charge in [0.1, 0.15) is 12.1 Å². The highest BCUT2D eigenvalue weighted by Gasteiger charge is 2.10. The van der Waals surface area contributed by atoms with E-state index in [4.69, 9.17) is 10.5 Å². The molecule has 0 aliphatic heterocycles. The van der Waals surface area contributed by atoms with Gasteiger partial charge in [-0.1, -0.05) is 0 Å². The van der Waals surface area contributed by atoms with Crippen molar-refractivity contribution in [2.24, 2.45) is 7.05 Å². The van der Waals surface area contributed by atoms with Crippen LogP contribution in [-0.2, 0) is 7.05 Å². The lowest BCUT2D eigenvalue weighted by Gasteiger charge is -1.90. The molecule has 0 saturated carbocycles. The Hall–Kier alpha value is -1.33. The number of nitrogens with zero attached hydrogens (tertiary/aromatic N) is 4. The summed E-state index contributed by atoms with van der Waals surface area (Å²) in [5, 5.41) is 17.1. The third-order valence-electron chi connectivity index (χ3n) is 1.25. The molecule has 0 aromatic carbocycles. The standard InChI is InChI=1S/C6H3BrN4/c1-11-5(3-9)4(2-8)10-6(11)7/h1H3. The fourth-order valence-electron chi connectivity index (χ4n) is 0.677. The Balaban J connectivity index is 3.45. The molecule has 0 fully saturated rings. The van der Waals surface area contributed by atoms with Crippen LogP contribution in [0.25, 0.3) is 0 Å². The van der Waals surface area contributed by atoms with E-state index in [0.717, 1.165) is 0 Å². The first kappa shape index (κ1) is 7.77. The first-order chi connectivity index (χ1) is 5.20. The number of aromatic nitrogens is 2. The van der Waals surface area contributed by atoms with Gasteiger partial charge in [0.05, 0.1) is 0 Å². The van der Waals surface area contributed by atoms with Crippen molar-refractivity contribution >= 4 is 15.9 Å². The van der Waals surface area contributed by atoms with E-state index in [1.54, 1.807) is 7.05 Å². The molecule has 1 rings (SSSR count). The highest BCUT2D eigenvalue weighted by Crippen LogP contribution is 2.12. The van der Waals surface area contributed by atoms with Crippen LogP contribution in [0.5, 0.6) is 0 Å². The van der Waals surface area contributed by atoms with Crippen molar-refractivity contribution in [3.63, 3.8) is 0 Å². The molecule has 0 radical (unpaired) electrons. The zero-order valence-electron chi connectivity index (χ0n) is 5.67. The van der Waals surface area contributed by atoms with E-state index in [-0.39, 0.29) is 11.4 Å². The Labute approximate surface area is 71.8 Å². The van der Waals surface area contributed by atoms with Gasteiger partial charge in [-0.25, -0.2) is 4.98 Å². The number of imidazole rings is 1. The molecular formula is C6H3BrN4. The topological polar surface area (TPSA) is 65.4 Å². The summed E-state index contributed by atoms with van der Waals surface area (Å²) < 4.78 is 2.00. The summed E-state index contributed by atoms with van der Waals surface area (Å²) in [5.74, 6) is 0. The van der Waals surface area contributed by atoms with Gasteiger partial charge >= 0.3 is 0 Å². The van der Waals surface area contributed by atoms with Crippen molar-refractivity contribution in [2.75, 3.05) is 0 Å². The molecule has 0 N–H and O–H groups in total. The first-order valence-corrected chi connectivity index (χ1v) is 3.52. The van der Waals surface area contributed by atoms with Crippen LogP contribution < -0.4 is 0 Å². The molecule has 11 heavy (non-hydrogen) atoms. The Bertz CT molecular complexity index is 365. The Morgan fingerprint density at radius 2 is 2.09 bits per heavy atom. The molecular weight excluding hydrogens is 208 g/mol. The van der Waals surface area contributed by atoms with Gasteiger partial charge in [0.25, 0.3) is 0 Å². The predicted octanol–water partition coefficient (Wildman–Crippen LogP) is 0.926. The van der Waals surface area contributed by atoms with Gasteiger partial charge in [0, 0.05) is 7.05 Å². The van der Waals surface area contributed by atoms with Gasteiger partial charge < -0.3 is 4.57 Å². The summed E-state index contributed by atoms with van der Waals surface area (Å²) in [6, 6.07) is 3.71. The Kier molecular flexibility index (Phi) is 1.93. The number of halogens is 1. The fourth-order valence-corrected chi connectivity index (χ4v) is 1.03. The van der Waals surface area contributed by atoms with Crippen molar-refractivity contribution in [3.05, 3.63) is 16.1 Å². The normalized spacial score (nSPS) is 8.73. The lowest BCUT2D eigenvalue weighted by atomic mass is 10.4. The van der Waals surface area contributed by atoms with Gasteiger partial charge in [-0.05, 0) is 15.9 Å². The monoisotopic (exact) mass is 210 g/mol. The highest BCUT2D eigenvalue weighted by atomic mass is 79.9. The minimum atomic E-state index is 0.155. The molecule has 4 nitrogen and oxygen atoms in total. The van der Waals surface area contributed by atoms with Crippen LogP contribution in [0.15, 0.2) is 4.73 Å². The predicted molar refractivity (Wildman–Crippen MR) is 40.3 cm³/mol.